The molecule has 2 fully saturated rings. The Hall–Kier alpha value is -3.68. The number of rotatable bonds is 7. The number of amides is 3. The fourth-order valence-electron chi connectivity index (χ4n) is 4.98. The average molecular weight is 477 g/mol. The SMILES string of the molecule is CCC[C@H](NC(=O)c1ccc(N(C)C)cc1)C(=O)N1CCC2C1C(=O)CN2C(=O)c1ccccc1. The number of anilines is 1. The smallest absolute Gasteiger partial charge is 0.254 e. The van der Waals surface area contributed by atoms with Crippen molar-refractivity contribution < 1.29 is 19.2 Å². The molecule has 2 heterocycles. The zero-order chi connectivity index (χ0) is 25.1. The molecule has 0 aliphatic carbocycles. The normalized spacial score (nSPS) is 19.9. The number of carbonyl (C=O) groups excluding carboxylic acids is 4. The lowest BCUT2D eigenvalue weighted by Crippen LogP contribution is -2.52. The van der Waals surface area contributed by atoms with Crippen LogP contribution in [0.1, 0.15) is 46.9 Å². The second-order valence-electron chi connectivity index (χ2n) is 9.35. The lowest BCUT2D eigenvalue weighted by molar-refractivity contribution is -0.138. The van der Waals surface area contributed by atoms with E-state index >= 15 is 0 Å². The van der Waals surface area contributed by atoms with Crippen LogP contribution in [-0.2, 0) is 9.59 Å². The Morgan fingerprint density at radius 3 is 2.31 bits per heavy atom. The van der Waals surface area contributed by atoms with Gasteiger partial charge in [0.05, 0.1) is 12.6 Å². The van der Waals surface area contributed by atoms with Crippen LogP contribution in [0.25, 0.3) is 0 Å². The Labute approximate surface area is 205 Å². The Morgan fingerprint density at radius 2 is 1.69 bits per heavy atom. The van der Waals surface area contributed by atoms with E-state index in [0.29, 0.717) is 36.9 Å². The van der Waals surface area contributed by atoms with Crippen LogP contribution in [0.5, 0.6) is 0 Å². The Morgan fingerprint density at radius 1 is 1.00 bits per heavy atom. The molecular formula is C27H32N4O4. The largest absolute Gasteiger partial charge is 0.378 e. The van der Waals surface area contributed by atoms with Crippen LogP contribution >= 0.6 is 0 Å². The number of hydrogen-bond donors (Lipinski definition) is 1. The van der Waals surface area contributed by atoms with E-state index in [2.05, 4.69) is 5.32 Å². The first-order valence-corrected chi connectivity index (χ1v) is 12.1. The highest BCUT2D eigenvalue weighted by Crippen LogP contribution is 2.31. The van der Waals surface area contributed by atoms with Crippen LogP contribution in [0, 0.1) is 0 Å². The standard InChI is InChI=1S/C27H32N4O4/c1-4-8-21(28-25(33)18-11-13-20(14-12-18)29(2)3)27(35)30-16-15-22-24(30)23(32)17-31(22)26(34)19-9-6-5-7-10-19/h5-7,9-14,21-22,24H,4,8,15-17H2,1-3H3,(H,28,33)/t21-,22?,24?/m0/s1. The number of fused-ring (bicyclic) bond motifs is 1. The third kappa shape index (κ3) is 4.92. The van der Waals surface area contributed by atoms with E-state index in [4.69, 9.17) is 0 Å². The second-order valence-corrected chi connectivity index (χ2v) is 9.35. The molecule has 1 N–H and O–H groups in total. The van der Waals surface area contributed by atoms with Crippen LogP contribution in [0.4, 0.5) is 5.69 Å². The van der Waals surface area contributed by atoms with Gasteiger partial charge in [0.1, 0.15) is 12.1 Å². The molecule has 2 aromatic rings. The van der Waals surface area contributed by atoms with Crippen LogP contribution in [0.15, 0.2) is 54.6 Å². The van der Waals surface area contributed by atoms with Gasteiger partial charge in [-0.05, 0) is 49.2 Å². The molecule has 2 unspecified atom stereocenters. The van der Waals surface area contributed by atoms with Crippen molar-refractivity contribution in [3.8, 4) is 0 Å². The van der Waals surface area contributed by atoms with Crippen molar-refractivity contribution in [2.75, 3.05) is 32.1 Å². The van der Waals surface area contributed by atoms with Crippen LogP contribution in [-0.4, -0.2) is 78.6 Å². The maximum absolute atomic E-state index is 13.5. The van der Waals surface area contributed by atoms with Crippen molar-refractivity contribution >= 4 is 29.2 Å². The molecule has 3 amide bonds. The zero-order valence-corrected chi connectivity index (χ0v) is 20.4. The highest BCUT2D eigenvalue weighted by atomic mass is 16.2. The van der Waals surface area contributed by atoms with Gasteiger partial charge in [-0.15, -0.1) is 0 Å². The monoisotopic (exact) mass is 476 g/mol. The summed E-state index contributed by atoms with van der Waals surface area (Å²) in [6.45, 7) is 2.33. The minimum atomic E-state index is -0.730. The maximum Gasteiger partial charge on any atom is 0.254 e. The zero-order valence-electron chi connectivity index (χ0n) is 20.4. The summed E-state index contributed by atoms with van der Waals surface area (Å²) in [4.78, 5) is 57.5. The number of hydrogen-bond acceptors (Lipinski definition) is 5. The van der Waals surface area contributed by atoms with Gasteiger partial charge in [0, 0.05) is 37.5 Å². The number of benzene rings is 2. The third-order valence-corrected chi connectivity index (χ3v) is 6.81. The number of Topliss-reactive ketones (excluding diaryl/α,β-unsaturated/α-hetero) is 1. The van der Waals surface area contributed by atoms with Gasteiger partial charge < -0.3 is 20.0 Å². The molecule has 0 spiro atoms. The highest BCUT2D eigenvalue weighted by molar-refractivity contribution is 6.03. The first-order chi connectivity index (χ1) is 16.8. The quantitative estimate of drug-likeness (QED) is 0.663. The molecule has 2 saturated heterocycles. The van der Waals surface area contributed by atoms with E-state index in [1.165, 1.54) is 0 Å². The predicted molar refractivity (Wildman–Crippen MR) is 133 cm³/mol. The van der Waals surface area contributed by atoms with Crippen molar-refractivity contribution in [3.05, 3.63) is 65.7 Å². The van der Waals surface area contributed by atoms with Gasteiger partial charge in [-0.25, -0.2) is 0 Å². The highest BCUT2D eigenvalue weighted by Gasteiger charge is 2.52. The third-order valence-electron chi connectivity index (χ3n) is 6.81. The number of ketones is 1. The Kier molecular flexibility index (Phi) is 7.19. The molecule has 4 rings (SSSR count). The van der Waals surface area contributed by atoms with Crippen molar-refractivity contribution in [1.29, 1.82) is 0 Å². The molecular weight excluding hydrogens is 444 g/mol. The topological polar surface area (TPSA) is 90.0 Å². The molecule has 2 aliphatic heterocycles. The summed E-state index contributed by atoms with van der Waals surface area (Å²) in [6.07, 6.45) is 1.71. The van der Waals surface area contributed by atoms with Gasteiger partial charge in [0.2, 0.25) is 5.91 Å². The summed E-state index contributed by atoms with van der Waals surface area (Å²) < 4.78 is 0. The fraction of sp³-hybridized carbons (Fsp3) is 0.407. The fourth-order valence-corrected chi connectivity index (χ4v) is 4.98. The van der Waals surface area contributed by atoms with Crippen molar-refractivity contribution in [2.24, 2.45) is 0 Å². The summed E-state index contributed by atoms with van der Waals surface area (Å²) in [5.41, 5.74) is 1.97. The minimum absolute atomic E-state index is 0.00410. The van der Waals surface area contributed by atoms with E-state index in [0.717, 1.165) is 5.69 Å². The van der Waals surface area contributed by atoms with Crippen LogP contribution in [0.3, 0.4) is 0 Å². The second kappa shape index (κ2) is 10.3. The number of nitrogens with zero attached hydrogens (tertiary/aromatic N) is 3. The van der Waals surface area contributed by atoms with Crippen LogP contribution in [0.2, 0.25) is 0 Å². The molecule has 8 heteroatoms. The van der Waals surface area contributed by atoms with E-state index in [1.54, 1.807) is 46.2 Å². The molecule has 0 saturated carbocycles. The van der Waals surface area contributed by atoms with E-state index < -0.39 is 12.1 Å². The molecule has 184 valence electrons. The van der Waals surface area contributed by atoms with Gasteiger partial charge in [-0.3, -0.25) is 19.2 Å². The number of nitrogens with one attached hydrogen (secondary N) is 1. The first-order valence-electron chi connectivity index (χ1n) is 12.1. The van der Waals surface area contributed by atoms with Gasteiger partial charge >= 0.3 is 0 Å². The van der Waals surface area contributed by atoms with E-state index in [1.807, 2.05) is 44.1 Å². The molecule has 0 bridgehead atoms. The van der Waals surface area contributed by atoms with Gasteiger partial charge in [0.25, 0.3) is 11.8 Å². The van der Waals surface area contributed by atoms with Crippen molar-refractivity contribution in [1.82, 2.24) is 15.1 Å². The van der Waals surface area contributed by atoms with E-state index in [-0.39, 0.29) is 36.1 Å². The summed E-state index contributed by atoms with van der Waals surface area (Å²) in [6, 6.07) is 14.3. The van der Waals surface area contributed by atoms with Crippen LogP contribution < -0.4 is 10.2 Å². The summed E-state index contributed by atoms with van der Waals surface area (Å²) >= 11 is 0. The maximum atomic E-state index is 13.5. The molecule has 35 heavy (non-hydrogen) atoms. The van der Waals surface area contributed by atoms with Gasteiger partial charge in [-0.1, -0.05) is 31.5 Å². The molecule has 0 radical (unpaired) electrons. The summed E-state index contributed by atoms with van der Waals surface area (Å²) in [5.74, 6) is -0.914. The lowest BCUT2D eigenvalue weighted by Gasteiger charge is -2.28. The number of carbonyl (C=O) groups is 4. The lowest BCUT2D eigenvalue weighted by atomic mass is 10.1. The Bertz CT molecular complexity index is 1100. The first kappa shape index (κ1) is 24.4. The summed E-state index contributed by atoms with van der Waals surface area (Å²) in [5, 5.41) is 2.88. The van der Waals surface area contributed by atoms with Crippen molar-refractivity contribution in [3.63, 3.8) is 0 Å². The minimum Gasteiger partial charge on any atom is -0.378 e. The molecule has 2 aliphatic rings. The molecule has 2 aromatic carbocycles. The predicted octanol–water partition coefficient (Wildman–Crippen LogP) is 2.35. The average Bonchev–Trinajstić information content (AvgIpc) is 3.44. The number of likely N-dealkylation sites (tertiary alicyclic amines) is 2. The molecule has 3 atom stereocenters. The summed E-state index contributed by atoms with van der Waals surface area (Å²) in [7, 11) is 3.85. The van der Waals surface area contributed by atoms with Gasteiger partial charge in [0.15, 0.2) is 5.78 Å². The van der Waals surface area contributed by atoms with E-state index in [9.17, 15) is 19.2 Å². The molecule has 0 aromatic heterocycles. The Balaban J connectivity index is 1.47. The molecule has 8 nitrogen and oxygen atoms in total. The van der Waals surface area contributed by atoms with Crippen molar-refractivity contribution in [2.45, 2.75) is 44.3 Å². The van der Waals surface area contributed by atoms with Gasteiger partial charge in [-0.2, -0.15) is 0 Å².